The van der Waals surface area contributed by atoms with Gasteiger partial charge in [-0.2, -0.15) is 0 Å². The third-order valence-corrected chi connectivity index (χ3v) is 5.30. The second-order valence-corrected chi connectivity index (χ2v) is 7.11. The zero-order valence-corrected chi connectivity index (χ0v) is 17.1. The summed E-state index contributed by atoms with van der Waals surface area (Å²) < 4.78 is 10.6. The molecule has 2 aromatic carbocycles. The van der Waals surface area contributed by atoms with E-state index in [1.54, 1.807) is 14.2 Å². The summed E-state index contributed by atoms with van der Waals surface area (Å²) in [5, 5.41) is 0.756. The molecule has 2 nitrogen and oxygen atoms in total. The van der Waals surface area contributed by atoms with Gasteiger partial charge in [0.1, 0.15) is 11.5 Å². The van der Waals surface area contributed by atoms with Crippen LogP contribution in [0.15, 0.2) is 84.9 Å². The lowest BCUT2D eigenvalue weighted by Crippen LogP contribution is -1.90. The van der Waals surface area contributed by atoms with Gasteiger partial charge >= 0.3 is 0 Å². The molecule has 0 fully saturated rings. The fraction of sp³-hybridized carbons (Fsp3) is 0.0769. The van der Waals surface area contributed by atoms with Gasteiger partial charge in [0.2, 0.25) is 0 Å². The molecule has 2 aromatic rings. The summed E-state index contributed by atoms with van der Waals surface area (Å²) in [6.07, 6.45) is 2.19. The molecule has 0 spiro atoms. The molecule has 29 heavy (non-hydrogen) atoms. The quantitative estimate of drug-likeness (QED) is 0.357. The van der Waals surface area contributed by atoms with Gasteiger partial charge in [-0.3, -0.25) is 0 Å². The maximum absolute atomic E-state index is 6.53. The largest absolute Gasteiger partial charge is 0.497 e. The molecule has 0 bridgehead atoms. The van der Waals surface area contributed by atoms with Crippen molar-refractivity contribution in [1.82, 2.24) is 0 Å². The molecule has 144 valence electrons. The summed E-state index contributed by atoms with van der Waals surface area (Å²) in [6.45, 7) is 0. The number of hydrogen-bond acceptors (Lipinski definition) is 2. The molecule has 0 saturated heterocycles. The van der Waals surface area contributed by atoms with Gasteiger partial charge in [0.05, 0.1) is 14.2 Å². The lowest BCUT2D eigenvalue weighted by atomic mass is 9.95. The number of rotatable bonds is 5. The molecule has 0 aromatic heterocycles. The molecule has 0 unspecified atom stereocenters. The average molecular weight is 401 g/mol. The predicted octanol–water partition coefficient (Wildman–Crippen LogP) is 7.05. The minimum atomic E-state index is 0.756. The fourth-order valence-corrected chi connectivity index (χ4v) is 3.73. The number of halogens is 1. The normalized spacial score (nSPS) is 10.6. The Balaban J connectivity index is 1.88. The highest BCUT2D eigenvalue weighted by Crippen LogP contribution is 2.38. The van der Waals surface area contributed by atoms with E-state index in [0.29, 0.717) is 0 Å². The molecule has 0 radical (unpaired) electrons. The van der Waals surface area contributed by atoms with Crippen LogP contribution in [0.5, 0.6) is 11.5 Å². The number of benzene rings is 2. The maximum atomic E-state index is 6.53. The summed E-state index contributed by atoms with van der Waals surface area (Å²) >= 11 is 6.53. The van der Waals surface area contributed by atoms with Gasteiger partial charge in [-0.25, -0.2) is 0 Å². The summed E-state index contributed by atoms with van der Waals surface area (Å²) in [6, 6.07) is 28.4. The second-order valence-electron chi connectivity index (χ2n) is 6.70. The number of methoxy groups -OCH3 is 2. The van der Waals surface area contributed by atoms with Crippen molar-refractivity contribution in [2.24, 2.45) is 0 Å². The molecule has 2 aliphatic carbocycles. The zero-order valence-electron chi connectivity index (χ0n) is 16.4. The predicted molar refractivity (Wildman–Crippen MR) is 121 cm³/mol. The van der Waals surface area contributed by atoms with Gasteiger partial charge in [-0.05, 0) is 64.2 Å². The second kappa shape index (κ2) is 8.42. The molecule has 3 heteroatoms. The molecule has 4 rings (SSSR count). The molecule has 0 aliphatic heterocycles. The van der Waals surface area contributed by atoms with Crippen molar-refractivity contribution in [3.05, 3.63) is 107 Å². The Labute approximate surface area is 176 Å². The molecule has 0 heterocycles. The van der Waals surface area contributed by atoms with Crippen molar-refractivity contribution in [3.8, 4) is 22.6 Å². The van der Waals surface area contributed by atoms with E-state index in [9.17, 15) is 0 Å². The number of ether oxygens (including phenoxy) is 2. The van der Waals surface area contributed by atoms with Gasteiger partial charge in [0, 0.05) is 10.6 Å². The van der Waals surface area contributed by atoms with E-state index in [0.717, 1.165) is 49.9 Å². The standard InChI is InChI=1S/C26H21ClO2/c1-28-21-12-8-18(9-13-21)25(19-10-14-22(29-2)15-11-19)16-20-17-26(27)24-7-5-3-4-6-23(20)24/h3-17H,1-2H3. The van der Waals surface area contributed by atoms with Crippen LogP contribution in [-0.4, -0.2) is 14.2 Å². The summed E-state index contributed by atoms with van der Waals surface area (Å²) in [5.41, 5.74) is 6.56. The van der Waals surface area contributed by atoms with E-state index in [4.69, 9.17) is 21.1 Å². The molecule has 0 amide bonds. The Morgan fingerprint density at radius 1 is 0.690 bits per heavy atom. The molecule has 0 saturated carbocycles. The van der Waals surface area contributed by atoms with E-state index in [2.05, 4.69) is 42.5 Å². The first-order valence-electron chi connectivity index (χ1n) is 9.37. The third-order valence-electron chi connectivity index (χ3n) is 4.99. The highest BCUT2D eigenvalue weighted by atomic mass is 35.5. The first kappa shape index (κ1) is 19.1. The van der Waals surface area contributed by atoms with Gasteiger partial charge in [-0.1, -0.05) is 66.2 Å². The smallest absolute Gasteiger partial charge is 0.118 e. The Morgan fingerprint density at radius 2 is 1.21 bits per heavy atom. The summed E-state index contributed by atoms with van der Waals surface area (Å²) in [7, 11) is 3.35. The number of fused-ring (bicyclic) bond motifs is 1. The van der Waals surface area contributed by atoms with Crippen molar-refractivity contribution in [3.63, 3.8) is 0 Å². The van der Waals surface area contributed by atoms with Crippen LogP contribution in [0.2, 0.25) is 5.02 Å². The highest BCUT2D eigenvalue weighted by Gasteiger charge is 2.14. The average Bonchev–Trinajstić information content (AvgIpc) is 2.93. The van der Waals surface area contributed by atoms with Crippen LogP contribution in [0.4, 0.5) is 0 Å². The van der Waals surface area contributed by atoms with Crippen molar-refractivity contribution in [2.75, 3.05) is 14.2 Å². The Hall–Kier alpha value is -3.23. The Kier molecular flexibility index (Phi) is 5.55. The Morgan fingerprint density at radius 3 is 1.72 bits per heavy atom. The minimum absolute atomic E-state index is 0.756. The lowest BCUT2D eigenvalue weighted by molar-refractivity contribution is 0.414. The first-order chi connectivity index (χ1) is 14.2. The van der Waals surface area contributed by atoms with Crippen molar-refractivity contribution < 1.29 is 9.47 Å². The van der Waals surface area contributed by atoms with Gasteiger partial charge in [0.15, 0.2) is 0 Å². The van der Waals surface area contributed by atoms with E-state index in [-0.39, 0.29) is 0 Å². The van der Waals surface area contributed by atoms with Crippen LogP contribution in [0.3, 0.4) is 0 Å². The monoisotopic (exact) mass is 400 g/mol. The third kappa shape index (κ3) is 3.98. The van der Waals surface area contributed by atoms with Crippen molar-refractivity contribution >= 4 is 23.3 Å². The van der Waals surface area contributed by atoms with Crippen LogP contribution in [0, 0.1) is 0 Å². The van der Waals surface area contributed by atoms with Gasteiger partial charge < -0.3 is 9.47 Å². The van der Waals surface area contributed by atoms with E-state index >= 15 is 0 Å². The minimum Gasteiger partial charge on any atom is -0.497 e. The molecular weight excluding hydrogens is 380 g/mol. The van der Waals surface area contributed by atoms with Gasteiger partial charge in [-0.15, -0.1) is 0 Å². The van der Waals surface area contributed by atoms with Crippen molar-refractivity contribution in [2.45, 2.75) is 0 Å². The molecule has 2 aliphatic rings. The maximum Gasteiger partial charge on any atom is 0.118 e. The topological polar surface area (TPSA) is 18.5 Å². The number of hydrogen-bond donors (Lipinski definition) is 0. The van der Waals surface area contributed by atoms with E-state index in [1.807, 2.05) is 48.5 Å². The van der Waals surface area contributed by atoms with Crippen LogP contribution in [-0.2, 0) is 0 Å². The van der Waals surface area contributed by atoms with Gasteiger partial charge in [0.25, 0.3) is 0 Å². The zero-order chi connectivity index (χ0) is 20.2. The van der Waals surface area contributed by atoms with Crippen LogP contribution in [0.1, 0.15) is 16.7 Å². The van der Waals surface area contributed by atoms with Crippen molar-refractivity contribution in [1.29, 1.82) is 0 Å². The SMILES string of the molecule is COc1ccc(C(=Cc2cc(Cl)c3cccccc2-3)c2ccc(OC)cc2)cc1. The first-order valence-corrected chi connectivity index (χ1v) is 9.75. The highest BCUT2D eigenvalue weighted by molar-refractivity contribution is 6.34. The Bertz CT molecular complexity index is 1060. The van der Waals surface area contributed by atoms with Crippen LogP contribution >= 0.6 is 11.6 Å². The molecule has 0 N–H and O–H groups in total. The molecular formula is C26H21ClO2. The van der Waals surface area contributed by atoms with E-state index in [1.165, 1.54) is 0 Å². The summed E-state index contributed by atoms with van der Waals surface area (Å²) in [5.74, 6) is 1.66. The van der Waals surface area contributed by atoms with Crippen LogP contribution in [0.25, 0.3) is 22.8 Å². The summed E-state index contributed by atoms with van der Waals surface area (Å²) in [4.78, 5) is 0. The molecule has 0 atom stereocenters. The van der Waals surface area contributed by atoms with Crippen LogP contribution < -0.4 is 9.47 Å². The lowest BCUT2D eigenvalue weighted by Gasteiger charge is -2.11. The van der Waals surface area contributed by atoms with E-state index < -0.39 is 0 Å². The fourth-order valence-electron chi connectivity index (χ4n) is 3.45.